The molecule has 2 heterocycles. The van der Waals surface area contributed by atoms with Crippen molar-refractivity contribution in [3.8, 4) is 0 Å². The van der Waals surface area contributed by atoms with Crippen molar-refractivity contribution in [3.63, 3.8) is 0 Å². The van der Waals surface area contributed by atoms with Gasteiger partial charge in [-0.25, -0.2) is 9.50 Å². The Balaban J connectivity index is 2.19. The van der Waals surface area contributed by atoms with E-state index in [0.717, 1.165) is 36.4 Å². The van der Waals surface area contributed by atoms with E-state index in [1.807, 2.05) is 10.7 Å². The molecule has 0 fully saturated rings. The van der Waals surface area contributed by atoms with Gasteiger partial charge < -0.3 is 5.32 Å². The Morgan fingerprint density at radius 2 is 2.15 bits per heavy atom. The third-order valence-corrected chi connectivity index (χ3v) is 3.88. The van der Waals surface area contributed by atoms with Crippen LogP contribution in [0, 0.1) is 0 Å². The number of rotatable bonds is 5. The molecule has 2 aromatic heterocycles. The Bertz CT molecular complexity index is 571. The summed E-state index contributed by atoms with van der Waals surface area (Å²) in [6.07, 6.45) is 5.57. The minimum Gasteiger partial charge on any atom is -0.368 e. The van der Waals surface area contributed by atoms with Crippen molar-refractivity contribution in [3.05, 3.63) is 24.2 Å². The summed E-state index contributed by atoms with van der Waals surface area (Å²) in [6.45, 7) is 9.41. The Hall–Kier alpha value is -1.29. The van der Waals surface area contributed by atoms with Gasteiger partial charge in [0.25, 0.3) is 0 Å². The molecule has 1 atom stereocenters. The molecule has 0 aliphatic rings. The molecule has 0 bridgehead atoms. The van der Waals surface area contributed by atoms with Crippen LogP contribution in [0.2, 0.25) is 0 Å². The Morgan fingerprint density at radius 3 is 2.80 bits per heavy atom. The van der Waals surface area contributed by atoms with Crippen molar-refractivity contribution < 1.29 is 0 Å². The predicted molar refractivity (Wildman–Crippen MR) is 84.7 cm³/mol. The van der Waals surface area contributed by atoms with E-state index in [-0.39, 0.29) is 10.8 Å². The SMILES string of the molecule is CCC(Cl)CCNc1nccn2nc(C(C)(C)C)cc12. The summed E-state index contributed by atoms with van der Waals surface area (Å²) < 4.78 is 1.88. The zero-order valence-electron chi connectivity index (χ0n) is 12.7. The molecule has 110 valence electrons. The molecule has 2 rings (SSSR count). The van der Waals surface area contributed by atoms with E-state index in [2.05, 4.69) is 49.2 Å². The molecule has 5 heteroatoms. The van der Waals surface area contributed by atoms with Crippen LogP contribution in [0.3, 0.4) is 0 Å². The van der Waals surface area contributed by atoms with E-state index < -0.39 is 0 Å². The molecule has 0 radical (unpaired) electrons. The largest absolute Gasteiger partial charge is 0.368 e. The van der Waals surface area contributed by atoms with Gasteiger partial charge in [-0.15, -0.1) is 11.6 Å². The minimum absolute atomic E-state index is 0.0345. The molecular formula is C15H23ClN4. The first kappa shape index (κ1) is 15.1. The lowest BCUT2D eigenvalue weighted by molar-refractivity contribution is 0.562. The summed E-state index contributed by atoms with van der Waals surface area (Å²) in [5.74, 6) is 0.871. The zero-order valence-corrected chi connectivity index (χ0v) is 13.4. The lowest BCUT2D eigenvalue weighted by Gasteiger charge is -2.13. The van der Waals surface area contributed by atoms with Gasteiger partial charge in [0.15, 0.2) is 5.82 Å². The van der Waals surface area contributed by atoms with Gasteiger partial charge in [0.05, 0.1) is 5.69 Å². The average molecular weight is 295 g/mol. The number of nitrogens with one attached hydrogen (secondary N) is 1. The highest BCUT2D eigenvalue weighted by Crippen LogP contribution is 2.24. The quantitative estimate of drug-likeness (QED) is 0.852. The number of hydrogen-bond acceptors (Lipinski definition) is 3. The van der Waals surface area contributed by atoms with Gasteiger partial charge in [-0.1, -0.05) is 27.7 Å². The Morgan fingerprint density at radius 1 is 1.40 bits per heavy atom. The number of hydrogen-bond donors (Lipinski definition) is 1. The second kappa shape index (κ2) is 6.00. The van der Waals surface area contributed by atoms with Gasteiger partial charge in [-0.3, -0.25) is 0 Å². The maximum absolute atomic E-state index is 6.14. The summed E-state index contributed by atoms with van der Waals surface area (Å²) in [5.41, 5.74) is 2.12. The molecule has 0 aromatic carbocycles. The van der Waals surface area contributed by atoms with Crippen molar-refractivity contribution in [2.45, 2.75) is 51.3 Å². The van der Waals surface area contributed by atoms with Crippen LogP contribution in [0.25, 0.3) is 5.52 Å². The number of fused-ring (bicyclic) bond motifs is 1. The molecular weight excluding hydrogens is 272 g/mol. The number of alkyl halides is 1. The highest BCUT2D eigenvalue weighted by Gasteiger charge is 2.19. The first-order chi connectivity index (χ1) is 9.41. The average Bonchev–Trinajstić information content (AvgIpc) is 2.83. The Kier molecular flexibility index (Phi) is 4.53. The van der Waals surface area contributed by atoms with Gasteiger partial charge in [0.1, 0.15) is 5.52 Å². The second-order valence-electron chi connectivity index (χ2n) is 6.11. The van der Waals surface area contributed by atoms with Gasteiger partial charge >= 0.3 is 0 Å². The van der Waals surface area contributed by atoms with Crippen LogP contribution >= 0.6 is 11.6 Å². The summed E-state index contributed by atoms with van der Waals surface area (Å²) in [7, 11) is 0. The van der Waals surface area contributed by atoms with Gasteiger partial charge in [-0.2, -0.15) is 5.10 Å². The third kappa shape index (κ3) is 3.42. The predicted octanol–water partition coefficient (Wildman–Crippen LogP) is 3.85. The molecule has 0 saturated heterocycles. The molecule has 2 aromatic rings. The third-order valence-electron chi connectivity index (χ3n) is 3.35. The second-order valence-corrected chi connectivity index (χ2v) is 6.72. The van der Waals surface area contributed by atoms with Crippen LogP contribution < -0.4 is 5.32 Å². The summed E-state index contributed by atoms with van der Waals surface area (Å²) in [6, 6.07) is 2.10. The normalized spacial score (nSPS) is 13.7. The lowest BCUT2D eigenvalue weighted by atomic mass is 9.92. The fourth-order valence-electron chi connectivity index (χ4n) is 1.98. The van der Waals surface area contributed by atoms with E-state index in [1.165, 1.54) is 0 Å². The maximum Gasteiger partial charge on any atom is 0.152 e. The van der Waals surface area contributed by atoms with E-state index in [4.69, 9.17) is 11.6 Å². The van der Waals surface area contributed by atoms with Gasteiger partial charge in [0, 0.05) is 29.7 Å². The van der Waals surface area contributed by atoms with Crippen molar-refractivity contribution in [1.29, 1.82) is 0 Å². The minimum atomic E-state index is 0.0345. The van der Waals surface area contributed by atoms with Crippen LogP contribution in [-0.2, 0) is 5.41 Å². The number of nitrogens with zero attached hydrogens (tertiary/aromatic N) is 3. The molecule has 0 spiro atoms. The first-order valence-corrected chi connectivity index (χ1v) is 7.58. The standard InChI is InChI=1S/C15H23ClN4/c1-5-11(16)6-7-17-14-12-10-13(15(2,3)4)19-20(12)9-8-18-14/h8-11H,5-7H2,1-4H3,(H,17,18). The monoisotopic (exact) mass is 294 g/mol. The van der Waals surface area contributed by atoms with E-state index in [9.17, 15) is 0 Å². The first-order valence-electron chi connectivity index (χ1n) is 7.14. The fourth-order valence-corrected chi connectivity index (χ4v) is 2.09. The van der Waals surface area contributed by atoms with Crippen LogP contribution in [0.4, 0.5) is 5.82 Å². The van der Waals surface area contributed by atoms with Crippen LogP contribution in [0.1, 0.15) is 46.2 Å². The van der Waals surface area contributed by atoms with Crippen LogP contribution in [0.15, 0.2) is 18.5 Å². The van der Waals surface area contributed by atoms with E-state index in [0.29, 0.717) is 0 Å². The van der Waals surface area contributed by atoms with Crippen molar-refractivity contribution in [2.75, 3.05) is 11.9 Å². The molecule has 1 N–H and O–H groups in total. The highest BCUT2D eigenvalue weighted by molar-refractivity contribution is 6.20. The molecule has 1 unspecified atom stereocenters. The van der Waals surface area contributed by atoms with Crippen molar-refractivity contribution in [1.82, 2.24) is 14.6 Å². The van der Waals surface area contributed by atoms with Gasteiger partial charge in [0.2, 0.25) is 0 Å². The zero-order chi connectivity index (χ0) is 14.8. The van der Waals surface area contributed by atoms with E-state index in [1.54, 1.807) is 6.20 Å². The number of aromatic nitrogens is 3. The molecule has 20 heavy (non-hydrogen) atoms. The van der Waals surface area contributed by atoms with Crippen molar-refractivity contribution in [2.24, 2.45) is 0 Å². The fraction of sp³-hybridized carbons (Fsp3) is 0.600. The topological polar surface area (TPSA) is 42.2 Å². The van der Waals surface area contributed by atoms with Crippen LogP contribution in [0.5, 0.6) is 0 Å². The maximum atomic E-state index is 6.14. The summed E-state index contributed by atoms with van der Waals surface area (Å²) >= 11 is 6.14. The molecule has 0 aliphatic heterocycles. The summed E-state index contributed by atoms with van der Waals surface area (Å²) in [5, 5.41) is 8.20. The number of halogens is 1. The smallest absolute Gasteiger partial charge is 0.152 e. The molecule has 0 aliphatic carbocycles. The molecule has 0 saturated carbocycles. The highest BCUT2D eigenvalue weighted by atomic mass is 35.5. The number of anilines is 1. The molecule has 4 nitrogen and oxygen atoms in total. The van der Waals surface area contributed by atoms with Crippen LogP contribution in [-0.4, -0.2) is 26.5 Å². The van der Waals surface area contributed by atoms with E-state index >= 15 is 0 Å². The Labute approximate surface area is 125 Å². The summed E-state index contributed by atoms with van der Waals surface area (Å²) in [4.78, 5) is 4.41. The van der Waals surface area contributed by atoms with Crippen molar-refractivity contribution >= 4 is 22.9 Å². The molecule has 0 amide bonds. The lowest BCUT2D eigenvalue weighted by Crippen LogP contribution is -2.11. The van der Waals surface area contributed by atoms with Gasteiger partial charge in [-0.05, 0) is 18.9 Å².